The lowest BCUT2D eigenvalue weighted by Gasteiger charge is -2.45. The van der Waals surface area contributed by atoms with E-state index in [0.29, 0.717) is 13.2 Å². The van der Waals surface area contributed by atoms with Crippen LogP contribution in [0.25, 0.3) is 10.1 Å². The van der Waals surface area contributed by atoms with Gasteiger partial charge in [0.1, 0.15) is 13.2 Å². The number of nitrogens with zero attached hydrogens (tertiary/aromatic N) is 2. The average molecular weight is 759 g/mol. The predicted molar refractivity (Wildman–Crippen MR) is 242 cm³/mol. The van der Waals surface area contributed by atoms with Gasteiger partial charge in [0.25, 0.3) is 6.71 Å². The van der Waals surface area contributed by atoms with E-state index in [-0.39, 0.29) is 23.0 Å². The Morgan fingerprint density at radius 3 is 1.82 bits per heavy atom. The lowest BCUT2D eigenvalue weighted by Crippen LogP contribution is -2.60. The van der Waals surface area contributed by atoms with Crippen molar-refractivity contribution in [2.24, 2.45) is 0 Å². The van der Waals surface area contributed by atoms with Gasteiger partial charge in [-0.2, -0.15) is 0 Å². The van der Waals surface area contributed by atoms with Crippen LogP contribution >= 0.6 is 11.3 Å². The molecule has 4 nitrogen and oxygen atoms in total. The molecule has 0 amide bonds. The molecule has 0 spiro atoms. The van der Waals surface area contributed by atoms with Crippen LogP contribution in [0, 0.1) is 27.7 Å². The van der Waals surface area contributed by atoms with Crippen LogP contribution in [0.4, 0.5) is 34.1 Å². The summed E-state index contributed by atoms with van der Waals surface area (Å²) in [6.07, 6.45) is 0. The zero-order valence-electron chi connectivity index (χ0n) is 35.5. The SMILES string of the molecule is Cc1cc(C(C)(C)C)cc(C)c1N1c2cccc3c2B(c2cc(C(C)(C)C)ccc2N3c2c(C)cc3c(c2C)OCCO3)c2sc3ccc(C(C)(C)C)cc3c21. The molecule has 0 radical (unpaired) electrons. The fraction of sp³-hybridized carbons (Fsp3) is 0.360. The number of fused-ring (bicyclic) bond motifs is 7. The maximum absolute atomic E-state index is 6.35. The molecule has 6 aromatic rings. The Labute approximate surface area is 338 Å². The third-order valence-electron chi connectivity index (χ3n) is 12.3. The van der Waals surface area contributed by atoms with Crippen molar-refractivity contribution in [3.63, 3.8) is 0 Å². The fourth-order valence-corrected chi connectivity index (χ4v) is 10.7. The average Bonchev–Trinajstić information content (AvgIpc) is 3.50. The van der Waals surface area contributed by atoms with E-state index in [4.69, 9.17) is 9.47 Å². The topological polar surface area (TPSA) is 24.9 Å². The maximum Gasteiger partial charge on any atom is 0.264 e. The summed E-state index contributed by atoms with van der Waals surface area (Å²) < 4.78 is 15.2. The van der Waals surface area contributed by atoms with Crippen LogP contribution in [0.3, 0.4) is 0 Å². The van der Waals surface area contributed by atoms with Crippen molar-refractivity contribution >= 4 is 78.0 Å². The van der Waals surface area contributed by atoms with Crippen LogP contribution < -0.4 is 35.0 Å². The predicted octanol–water partition coefficient (Wildman–Crippen LogP) is 11.9. The molecule has 0 fully saturated rings. The molecule has 3 aliphatic heterocycles. The van der Waals surface area contributed by atoms with E-state index < -0.39 is 0 Å². The molecule has 1 aromatic heterocycles. The highest BCUT2D eigenvalue weighted by Crippen LogP contribution is 2.52. The van der Waals surface area contributed by atoms with E-state index in [2.05, 4.69) is 173 Å². The number of anilines is 6. The molecule has 4 heterocycles. The molecular weight excluding hydrogens is 703 g/mol. The van der Waals surface area contributed by atoms with Gasteiger partial charge in [0, 0.05) is 37.5 Å². The minimum absolute atomic E-state index is 0.0170. The van der Waals surface area contributed by atoms with Crippen molar-refractivity contribution in [1.82, 2.24) is 0 Å². The van der Waals surface area contributed by atoms with E-state index in [0.717, 1.165) is 22.7 Å². The summed E-state index contributed by atoms with van der Waals surface area (Å²) in [5.74, 6) is 1.69. The highest BCUT2D eigenvalue weighted by atomic mass is 32.1. The Morgan fingerprint density at radius 1 is 0.571 bits per heavy atom. The summed E-state index contributed by atoms with van der Waals surface area (Å²) >= 11 is 1.98. The molecule has 9 rings (SSSR count). The second kappa shape index (κ2) is 12.4. The third-order valence-corrected chi connectivity index (χ3v) is 13.6. The monoisotopic (exact) mass is 758 g/mol. The molecule has 0 bridgehead atoms. The first-order valence-electron chi connectivity index (χ1n) is 20.3. The lowest BCUT2D eigenvalue weighted by molar-refractivity contribution is 0.170. The van der Waals surface area contributed by atoms with Gasteiger partial charge < -0.3 is 19.3 Å². The first-order chi connectivity index (χ1) is 26.3. The Balaban J connectivity index is 1.42. The van der Waals surface area contributed by atoms with E-state index in [1.807, 2.05) is 11.3 Å². The van der Waals surface area contributed by atoms with Gasteiger partial charge in [0.15, 0.2) is 11.5 Å². The quantitative estimate of drug-likeness (QED) is 0.164. The number of thiophene rings is 1. The van der Waals surface area contributed by atoms with E-state index >= 15 is 0 Å². The number of hydrogen-bond acceptors (Lipinski definition) is 5. The molecule has 56 heavy (non-hydrogen) atoms. The van der Waals surface area contributed by atoms with Crippen LogP contribution in [0.2, 0.25) is 0 Å². The standard InChI is InChI=1S/C50H55BN2O2S/c1-28-23-34(50(11,12)13)24-29(2)43(28)53-39-16-14-15-38-42(39)51(47-45(53)35-26-32(48(5,6)7)18-20-41(35)56-47)36-27-33(49(8,9)10)17-19-37(36)52(38)44-30(3)25-40-46(31(44)4)55-22-21-54-40/h14-20,23-27H,21-22H2,1-13H3. The molecule has 0 saturated heterocycles. The first kappa shape index (κ1) is 36.9. The first-order valence-corrected chi connectivity index (χ1v) is 21.1. The second-order valence-electron chi connectivity index (χ2n) is 19.5. The number of hydrogen-bond donors (Lipinski definition) is 0. The summed E-state index contributed by atoms with van der Waals surface area (Å²) in [5, 5.41) is 1.33. The van der Waals surface area contributed by atoms with Crippen LogP contribution in [0.1, 0.15) is 101 Å². The van der Waals surface area contributed by atoms with Crippen LogP contribution in [-0.2, 0) is 16.2 Å². The highest BCUT2D eigenvalue weighted by Gasteiger charge is 2.46. The molecule has 0 saturated carbocycles. The lowest BCUT2D eigenvalue weighted by atomic mass is 9.36. The number of ether oxygens (including phenoxy) is 2. The summed E-state index contributed by atoms with van der Waals surface area (Å²) in [6.45, 7) is 31.2. The van der Waals surface area contributed by atoms with Gasteiger partial charge >= 0.3 is 0 Å². The molecule has 0 unspecified atom stereocenters. The minimum Gasteiger partial charge on any atom is -0.486 e. The Hall–Kier alpha value is -4.68. The second-order valence-corrected chi connectivity index (χ2v) is 20.6. The van der Waals surface area contributed by atoms with Crippen molar-refractivity contribution in [2.45, 2.75) is 106 Å². The normalized spacial score (nSPS) is 14.9. The van der Waals surface area contributed by atoms with Crippen molar-refractivity contribution in [3.05, 3.63) is 112 Å². The molecule has 0 atom stereocenters. The van der Waals surface area contributed by atoms with Gasteiger partial charge in [-0.3, -0.25) is 0 Å². The minimum atomic E-state index is -0.0170. The largest absolute Gasteiger partial charge is 0.486 e. The van der Waals surface area contributed by atoms with E-state index in [9.17, 15) is 0 Å². The third kappa shape index (κ3) is 5.53. The van der Waals surface area contributed by atoms with E-state index in [1.165, 1.54) is 87.6 Å². The molecule has 0 N–H and O–H groups in total. The molecule has 5 aromatic carbocycles. The highest BCUT2D eigenvalue weighted by molar-refractivity contribution is 7.33. The van der Waals surface area contributed by atoms with Gasteiger partial charge in [-0.05, 0) is 125 Å². The Kier molecular flexibility index (Phi) is 8.19. The number of rotatable bonds is 2. The summed E-state index contributed by atoms with van der Waals surface area (Å²) in [7, 11) is 0. The maximum atomic E-state index is 6.35. The molecule has 3 aliphatic rings. The fourth-order valence-electron chi connectivity index (χ4n) is 9.42. The summed E-state index contributed by atoms with van der Waals surface area (Å²) in [4.78, 5) is 5.18. The van der Waals surface area contributed by atoms with Gasteiger partial charge in [-0.15, -0.1) is 11.3 Å². The summed E-state index contributed by atoms with van der Waals surface area (Å²) in [5.41, 5.74) is 19.2. The van der Waals surface area contributed by atoms with Crippen LogP contribution in [-0.4, -0.2) is 19.9 Å². The van der Waals surface area contributed by atoms with Crippen molar-refractivity contribution < 1.29 is 9.47 Å². The zero-order valence-corrected chi connectivity index (χ0v) is 36.4. The molecule has 6 heteroatoms. The zero-order chi connectivity index (χ0) is 39.8. The Morgan fingerprint density at radius 2 is 1.16 bits per heavy atom. The van der Waals surface area contributed by atoms with Crippen LogP contribution in [0.15, 0.2) is 72.8 Å². The summed E-state index contributed by atoms with van der Waals surface area (Å²) in [6, 6.07) is 28.5. The van der Waals surface area contributed by atoms with Crippen LogP contribution in [0.5, 0.6) is 11.5 Å². The smallest absolute Gasteiger partial charge is 0.264 e. The van der Waals surface area contributed by atoms with Gasteiger partial charge in [-0.1, -0.05) is 98.7 Å². The molecular formula is C50H55BN2O2S. The molecule has 0 aliphatic carbocycles. The van der Waals surface area contributed by atoms with Crippen molar-refractivity contribution in [2.75, 3.05) is 23.0 Å². The van der Waals surface area contributed by atoms with Crippen molar-refractivity contribution in [1.29, 1.82) is 0 Å². The van der Waals surface area contributed by atoms with Gasteiger partial charge in [0.05, 0.1) is 17.1 Å². The van der Waals surface area contributed by atoms with E-state index in [1.54, 1.807) is 0 Å². The van der Waals surface area contributed by atoms with Crippen molar-refractivity contribution in [3.8, 4) is 11.5 Å². The number of aryl methyl sites for hydroxylation is 3. The van der Waals surface area contributed by atoms with Gasteiger partial charge in [-0.25, -0.2) is 0 Å². The molecule has 286 valence electrons. The number of benzene rings is 5. The van der Waals surface area contributed by atoms with Gasteiger partial charge in [0.2, 0.25) is 0 Å². The Bertz CT molecular complexity index is 2590.